The topological polar surface area (TPSA) is 101 Å². The van der Waals surface area contributed by atoms with Crippen molar-refractivity contribution in [1.82, 2.24) is 0 Å². The summed E-state index contributed by atoms with van der Waals surface area (Å²) in [6.45, 7) is 4.09. The molecule has 4 N–H and O–H groups in total. The van der Waals surface area contributed by atoms with Gasteiger partial charge in [0.25, 0.3) is 0 Å². The lowest BCUT2D eigenvalue weighted by molar-refractivity contribution is 0.174. The highest BCUT2D eigenvalue weighted by molar-refractivity contribution is 6.15. The molecule has 0 saturated heterocycles. The van der Waals surface area contributed by atoms with Crippen molar-refractivity contribution in [2.45, 2.75) is 19.8 Å². The van der Waals surface area contributed by atoms with Crippen LogP contribution < -0.4 is 20.2 Å². The Kier molecular flexibility index (Phi) is 5.10. The molecule has 0 aromatic heterocycles. The average Bonchev–Trinajstić information content (AvgIpc) is 3.20. The molecule has 1 aliphatic heterocycles. The standard InChI is InChI=1S/C23H23N3O4/c1-14(2)17-11-18(20(28)12-19(17)27)23(25-24)26(15-6-4-3-5-7-15)16-8-9-21-22(10-16)30-13-29-21/h3-12,14,27-28H,13,24H2,1-2H3/b25-23-. The molecule has 0 spiro atoms. The van der Waals surface area contributed by atoms with Gasteiger partial charge in [-0.25, -0.2) is 0 Å². The Labute approximate surface area is 174 Å². The zero-order chi connectivity index (χ0) is 21.3. The monoisotopic (exact) mass is 405 g/mol. The Hall–Kier alpha value is -3.87. The molecule has 0 bridgehead atoms. The maximum atomic E-state index is 10.6. The fourth-order valence-corrected chi connectivity index (χ4v) is 3.48. The average molecular weight is 405 g/mol. The molecule has 1 heterocycles. The van der Waals surface area contributed by atoms with Gasteiger partial charge >= 0.3 is 0 Å². The number of fused-ring (bicyclic) bond motifs is 1. The molecule has 0 aliphatic carbocycles. The zero-order valence-corrected chi connectivity index (χ0v) is 16.7. The number of amidine groups is 1. The van der Waals surface area contributed by atoms with Crippen LogP contribution in [0.3, 0.4) is 0 Å². The molecule has 30 heavy (non-hydrogen) atoms. The Bertz CT molecular complexity index is 1100. The molecule has 7 heteroatoms. The number of rotatable bonds is 4. The summed E-state index contributed by atoms with van der Waals surface area (Å²) in [4.78, 5) is 1.82. The van der Waals surface area contributed by atoms with E-state index in [4.69, 9.17) is 15.3 Å². The predicted octanol–water partition coefficient (Wildman–Crippen LogP) is 4.41. The molecule has 154 valence electrons. The number of hydrazone groups is 1. The minimum Gasteiger partial charge on any atom is -0.508 e. The maximum Gasteiger partial charge on any atom is 0.231 e. The lowest BCUT2D eigenvalue weighted by Crippen LogP contribution is -2.28. The molecule has 0 saturated carbocycles. The molecule has 4 rings (SSSR count). The number of hydrogen-bond donors (Lipinski definition) is 3. The number of aromatic hydroxyl groups is 2. The van der Waals surface area contributed by atoms with Gasteiger partial charge in [-0.05, 0) is 41.8 Å². The van der Waals surface area contributed by atoms with E-state index >= 15 is 0 Å². The zero-order valence-electron chi connectivity index (χ0n) is 16.7. The van der Waals surface area contributed by atoms with Crippen LogP contribution in [0.1, 0.15) is 30.9 Å². The highest BCUT2D eigenvalue weighted by Gasteiger charge is 2.25. The highest BCUT2D eigenvalue weighted by Crippen LogP contribution is 2.40. The molecule has 0 unspecified atom stereocenters. The Morgan fingerprint density at radius 2 is 1.67 bits per heavy atom. The van der Waals surface area contributed by atoms with E-state index in [1.807, 2.05) is 67.3 Å². The third kappa shape index (κ3) is 3.45. The quantitative estimate of drug-likeness (QED) is 0.257. The number of ether oxygens (including phenoxy) is 2. The molecule has 0 amide bonds. The summed E-state index contributed by atoms with van der Waals surface area (Å²) in [6.07, 6.45) is 0. The first-order valence-electron chi connectivity index (χ1n) is 9.58. The second-order valence-electron chi connectivity index (χ2n) is 7.24. The van der Waals surface area contributed by atoms with Crippen LogP contribution in [0.5, 0.6) is 23.0 Å². The van der Waals surface area contributed by atoms with Crippen LogP contribution in [0.15, 0.2) is 65.8 Å². The lowest BCUT2D eigenvalue weighted by atomic mass is 9.98. The summed E-state index contributed by atoms with van der Waals surface area (Å²) in [7, 11) is 0. The highest BCUT2D eigenvalue weighted by atomic mass is 16.7. The second kappa shape index (κ2) is 7.87. The minimum atomic E-state index is -0.122. The van der Waals surface area contributed by atoms with Crippen LogP contribution in [-0.4, -0.2) is 22.8 Å². The summed E-state index contributed by atoms with van der Waals surface area (Å²) in [5.74, 6) is 7.38. The molecular formula is C23H23N3O4. The number of phenolic OH excluding ortho intramolecular Hbond substituents is 2. The van der Waals surface area contributed by atoms with Crippen molar-refractivity contribution in [3.05, 3.63) is 71.8 Å². The molecule has 0 fully saturated rings. The largest absolute Gasteiger partial charge is 0.508 e. The molecule has 0 atom stereocenters. The van der Waals surface area contributed by atoms with Crippen molar-refractivity contribution < 1.29 is 19.7 Å². The van der Waals surface area contributed by atoms with Gasteiger partial charge in [-0.2, -0.15) is 5.10 Å². The third-order valence-electron chi connectivity index (χ3n) is 4.97. The number of anilines is 2. The minimum absolute atomic E-state index is 0.0250. The first-order valence-corrected chi connectivity index (χ1v) is 9.58. The predicted molar refractivity (Wildman–Crippen MR) is 116 cm³/mol. The summed E-state index contributed by atoms with van der Waals surface area (Å²) < 4.78 is 11.0. The van der Waals surface area contributed by atoms with Gasteiger partial charge in [0.15, 0.2) is 17.3 Å². The molecule has 1 aliphatic rings. The Morgan fingerprint density at radius 1 is 0.933 bits per heavy atom. The van der Waals surface area contributed by atoms with Gasteiger partial charge in [0.2, 0.25) is 6.79 Å². The molecule has 7 nitrogen and oxygen atoms in total. The van der Waals surface area contributed by atoms with E-state index in [0.29, 0.717) is 28.5 Å². The van der Waals surface area contributed by atoms with E-state index in [1.165, 1.54) is 6.07 Å². The van der Waals surface area contributed by atoms with Gasteiger partial charge in [0, 0.05) is 17.8 Å². The van der Waals surface area contributed by atoms with E-state index in [0.717, 1.165) is 11.4 Å². The van der Waals surface area contributed by atoms with Crippen LogP contribution in [0.25, 0.3) is 0 Å². The molecular weight excluding hydrogens is 382 g/mol. The van der Waals surface area contributed by atoms with E-state index in [-0.39, 0.29) is 24.2 Å². The van der Waals surface area contributed by atoms with Crippen molar-refractivity contribution in [2.24, 2.45) is 10.9 Å². The maximum absolute atomic E-state index is 10.6. The van der Waals surface area contributed by atoms with Crippen molar-refractivity contribution in [2.75, 3.05) is 11.7 Å². The summed E-state index contributed by atoms with van der Waals surface area (Å²) in [5, 5.41) is 24.9. The van der Waals surface area contributed by atoms with Gasteiger partial charge in [-0.3, -0.25) is 4.90 Å². The molecule has 3 aromatic carbocycles. The lowest BCUT2D eigenvalue weighted by Gasteiger charge is -2.27. The van der Waals surface area contributed by atoms with Crippen LogP contribution in [-0.2, 0) is 0 Å². The Balaban J connectivity index is 1.90. The van der Waals surface area contributed by atoms with E-state index < -0.39 is 0 Å². The number of para-hydroxylation sites is 1. The fraction of sp³-hybridized carbons (Fsp3) is 0.174. The molecule has 0 radical (unpaired) electrons. The van der Waals surface area contributed by atoms with Crippen LogP contribution in [0.2, 0.25) is 0 Å². The first kappa shape index (κ1) is 19.4. The van der Waals surface area contributed by atoms with Crippen molar-refractivity contribution in [3.63, 3.8) is 0 Å². The normalized spacial score (nSPS) is 13.0. The summed E-state index contributed by atoms with van der Waals surface area (Å²) in [6, 6.07) is 18.1. The number of nitrogens with zero attached hydrogens (tertiary/aromatic N) is 2. The summed E-state index contributed by atoms with van der Waals surface area (Å²) in [5.41, 5.74) is 2.61. The summed E-state index contributed by atoms with van der Waals surface area (Å²) >= 11 is 0. The van der Waals surface area contributed by atoms with Gasteiger partial charge in [0.05, 0.1) is 11.3 Å². The van der Waals surface area contributed by atoms with Crippen molar-refractivity contribution >= 4 is 17.2 Å². The first-order chi connectivity index (χ1) is 14.5. The second-order valence-corrected chi connectivity index (χ2v) is 7.24. The van der Waals surface area contributed by atoms with E-state index in [1.54, 1.807) is 6.07 Å². The van der Waals surface area contributed by atoms with E-state index in [9.17, 15) is 10.2 Å². The smallest absolute Gasteiger partial charge is 0.231 e. The van der Waals surface area contributed by atoms with Crippen molar-refractivity contribution in [1.29, 1.82) is 0 Å². The Morgan fingerprint density at radius 3 is 2.37 bits per heavy atom. The van der Waals surface area contributed by atoms with Crippen LogP contribution in [0, 0.1) is 0 Å². The van der Waals surface area contributed by atoms with Gasteiger partial charge < -0.3 is 25.5 Å². The van der Waals surface area contributed by atoms with Gasteiger partial charge in [-0.15, -0.1) is 0 Å². The fourth-order valence-electron chi connectivity index (χ4n) is 3.48. The van der Waals surface area contributed by atoms with Gasteiger partial charge in [0.1, 0.15) is 11.5 Å². The number of benzene rings is 3. The van der Waals surface area contributed by atoms with Crippen molar-refractivity contribution in [3.8, 4) is 23.0 Å². The number of hydrogen-bond acceptors (Lipinski definition) is 6. The SMILES string of the molecule is CC(C)c1cc(/C(=N/N)N(c2ccccc2)c2ccc3c(c2)OCO3)c(O)cc1O. The number of nitrogens with two attached hydrogens (primary N) is 1. The van der Waals surface area contributed by atoms with E-state index in [2.05, 4.69) is 5.10 Å². The van der Waals surface area contributed by atoms with Crippen LogP contribution >= 0.6 is 0 Å². The van der Waals surface area contributed by atoms with Gasteiger partial charge in [-0.1, -0.05) is 32.0 Å². The number of phenols is 2. The van der Waals surface area contributed by atoms with Crippen LogP contribution in [0.4, 0.5) is 11.4 Å². The third-order valence-corrected chi connectivity index (χ3v) is 4.97. The molecule has 3 aromatic rings.